The van der Waals surface area contributed by atoms with E-state index in [-0.39, 0.29) is 5.91 Å². The van der Waals surface area contributed by atoms with Gasteiger partial charge in [0.1, 0.15) is 0 Å². The molecule has 1 aliphatic carbocycles. The zero-order valence-electron chi connectivity index (χ0n) is 9.99. The molecule has 1 aliphatic rings. The highest BCUT2D eigenvalue weighted by Crippen LogP contribution is 2.26. The molecule has 4 nitrogen and oxygen atoms in total. The highest BCUT2D eigenvalue weighted by molar-refractivity contribution is 7.14. The van der Waals surface area contributed by atoms with Crippen molar-refractivity contribution in [3.05, 3.63) is 21.4 Å². The number of carbonyl (C=O) groups excluding carboxylic acids is 1. The maximum Gasteiger partial charge on any atom is 0.275 e. The third-order valence-corrected chi connectivity index (χ3v) is 4.24. The molecule has 2 rings (SSSR count). The molecule has 17 heavy (non-hydrogen) atoms. The van der Waals surface area contributed by atoms with E-state index in [1.807, 2.05) is 13.0 Å². The molecule has 0 radical (unpaired) electrons. The average molecular weight is 254 g/mol. The predicted molar refractivity (Wildman–Crippen MR) is 67.8 cm³/mol. The first-order chi connectivity index (χ1) is 8.20. The summed E-state index contributed by atoms with van der Waals surface area (Å²) >= 11 is 1.46. The number of carbonyl (C=O) groups is 1. The first kappa shape index (κ1) is 12.5. The van der Waals surface area contributed by atoms with Crippen molar-refractivity contribution >= 4 is 17.2 Å². The average Bonchev–Trinajstić information content (AvgIpc) is 2.95. The fourth-order valence-corrected chi connectivity index (χ4v) is 3.04. The number of nitrogens with two attached hydrogens (primary N) is 1. The van der Waals surface area contributed by atoms with E-state index in [4.69, 9.17) is 10.6 Å². The lowest BCUT2D eigenvalue weighted by molar-refractivity contribution is 0.0456. The molecule has 3 N–H and O–H groups in total. The Morgan fingerprint density at radius 2 is 2.29 bits per heavy atom. The van der Waals surface area contributed by atoms with Gasteiger partial charge in [-0.15, -0.1) is 11.3 Å². The second-order valence-electron chi connectivity index (χ2n) is 4.38. The minimum atomic E-state index is -0.231. The monoisotopic (exact) mass is 254 g/mol. The number of rotatable bonds is 4. The second-order valence-corrected chi connectivity index (χ2v) is 5.64. The maximum absolute atomic E-state index is 11.4. The van der Waals surface area contributed by atoms with Crippen LogP contribution in [0.3, 0.4) is 0 Å². The van der Waals surface area contributed by atoms with Gasteiger partial charge in [-0.3, -0.25) is 10.2 Å². The molecular weight excluding hydrogens is 236 g/mol. The number of hydrogen-bond acceptors (Lipinski definition) is 4. The van der Waals surface area contributed by atoms with Crippen LogP contribution in [0.2, 0.25) is 0 Å². The molecule has 1 amide bonds. The van der Waals surface area contributed by atoms with Crippen LogP contribution in [0.15, 0.2) is 6.07 Å². The smallest absolute Gasteiger partial charge is 0.275 e. The molecule has 0 aromatic carbocycles. The number of hydrogen-bond donors (Lipinski definition) is 2. The molecule has 0 atom stereocenters. The fourth-order valence-electron chi connectivity index (χ4n) is 2.11. The van der Waals surface area contributed by atoms with Crippen LogP contribution in [0.4, 0.5) is 0 Å². The van der Waals surface area contributed by atoms with E-state index >= 15 is 0 Å². The Morgan fingerprint density at radius 3 is 2.94 bits per heavy atom. The lowest BCUT2D eigenvalue weighted by Crippen LogP contribution is -2.29. The molecule has 1 aromatic heterocycles. The van der Waals surface area contributed by atoms with Crippen LogP contribution in [0.5, 0.6) is 0 Å². The summed E-state index contributed by atoms with van der Waals surface area (Å²) in [6.45, 7) is 2.61. The van der Waals surface area contributed by atoms with Crippen molar-refractivity contribution in [3.8, 4) is 0 Å². The van der Waals surface area contributed by atoms with Crippen LogP contribution < -0.4 is 11.3 Å². The van der Waals surface area contributed by atoms with Crippen molar-refractivity contribution in [2.24, 2.45) is 5.84 Å². The summed E-state index contributed by atoms with van der Waals surface area (Å²) in [6, 6.07) is 1.87. The molecule has 1 saturated carbocycles. The first-order valence-corrected chi connectivity index (χ1v) is 6.74. The summed E-state index contributed by atoms with van der Waals surface area (Å²) < 4.78 is 5.84. The lowest BCUT2D eigenvalue weighted by Gasteiger charge is -2.10. The van der Waals surface area contributed by atoms with Crippen molar-refractivity contribution in [1.82, 2.24) is 5.43 Å². The quantitative estimate of drug-likeness (QED) is 0.491. The van der Waals surface area contributed by atoms with Gasteiger partial charge in [-0.1, -0.05) is 12.8 Å². The Bertz CT molecular complexity index is 397. The second kappa shape index (κ2) is 5.62. The van der Waals surface area contributed by atoms with Crippen molar-refractivity contribution in [2.75, 3.05) is 0 Å². The van der Waals surface area contributed by atoms with E-state index in [0.717, 1.165) is 10.4 Å². The van der Waals surface area contributed by atoms with Gasteiger partial charge in [0.15, 0.2) is 0 Å². The lowest BCUT2D eigenvalue weighted by atomic mass is 10.2. The van der Waals surface area contributed by atoms with Gasteiger partial charge in [0.2, 0.25) is 0 Å². The molecule has 0 saturated heterocycles. The minimum Gasteiger partial charge on any atom is -0.374 e. The Morgan fingerprint density at radius 1 is 1.59 bits per heavy atom. The van der Waals surface area contributed by atoms with Crippen LogP contribution in [-0.2, 0) is 11.3 Å². The summed E-state index contributed by atoms with van der Waals surface area (Å²) in [5.41, 5.74) is 3.25. The molecular formula is C12H18N2O2S. The maximum atomic E-state index is 11.4. The van der Waals surface area contributed by atoms with E-state index in [1.54, 1.807) is 0 Å². The largest absolute Gasteiger partial charge is 0.374 e. The zero-order chi connectivity index (χ0) is 12.3. The number of amides is 1. The standard InChI is InChI=1S/C12H18N2O2S/c1-8-9(6-11(17-8)12(15)14-13)7-16-10-4-2-3-5-10/h6,10H,2-5,7,13H2,1H3,(H,14,15). The van der Waals surface area contributed by atoms with E-state index in [9.17, 15) is 4.79 Å². The van der Waals surface area contributed by atoms with Gasteiger partial charge in [-0.2, -0.15) is 0 Å². The number of ether oxygens (including phenoxy) is 1. The molecule has 0 bridgehead atoms. The number of nitrogen functional groups attached to an aromatic ring is 1. The highest BCUT2D eigenvalue weighted by atomic mass is 32.1. The van der Waals surface area contributed by atoms with Gasteiger partial charge in [-0.25, -0.2) is 5.84 Å². The summed E-state index contributed by atoms with van der Waals surface area (Å²) in [4.78, 5) is 13.1. The van der Waals surface area contributed by atoms with Crippen molar-refractivity contribution in [1.29, 1.82) is 0 Å². The summed E-state index contributed by atoms with van der Waals surface area (Å²) in [5, 5.41) is 0. The van der Waals surface area contributed by atoms with Crippen LogP contribution in [-0.4, -0.2) is 12.0 Å². The molecule has 0 unspecified atom stereocenters. The topological polar surface area (TPSA) is 64.4 Å². The molecule has 1 aromatic rings. The summed E-state index contributed by atoms with van der Waals surface area (Å²) in [7, 11) is 0. The molecule has 0 aliphatic heterocycles. The highest BCUT2D eigenvalue weighted by Gasteiger charge is 2.17. The Kier molecular flexibility index (Phi) is 4.15. The summed E-state index contributed by atoms with van der Waals surface area (Å²) in [5.74, 6) is 4.88. The molecule has 0 spiro atoms. The molecule has 5 heteroatoms. The van der Waals surface area contributed by atoms with Crippen LogP contribution >= 0.6 is 11.3 Å². The number of thiophene rings is 1. The van der Waals surface area contributed by atoms with Gasteiger partial charge < -0.3 is 4.74 Å². The Labute approximate surface area is 105 Å². The van der Waals surface area contributed by atoms with Crippen molar-refractivity contribution in [2.45, 2.75) is 45.3 Å². The van der Waals surface area contributed by atoms with E-state index < -0.39 is 0 Å². The van der Waals surface area contributed by atoms with Crippen LogP contribution in [0.25, 0.3) is 0 Å². The molecule has 94 valence electrons. The van der Waals surface area contributed by atoms with E-state index in [2.05, 4.69) is 5.43 Å². The van der Waals surface area contributed by atoms with Crippen molar-refractivity contribution < 1.29 is 9.53 Å². The molecule has 1 fully saturated rings. The third-order valence-electron chi connectivity index (χ3n) is 3.15. The zero-order valence-corrected chi connectivity index (χ0v) is 10.8. The number of aryl methyl sites for hydroxylation is 1. The van der Waals surface area contributed by atoms with Crippen LogP contribution in [0, 0.1) is 6.92 Å². The van der Waals surface area contributed by atoms with Gasteiger partial charge in [0, 0.05) is 4.88 Å². The van der Waals surface area contributed by atoms with Crippen molar-refractivity contribution in [3.63, 3.8) is 0 Å². The Hall–Kier alpha value is -0.910. The predicted octanol–water partition coefficient (Wildman–Crippen LogP) is 2.12. The van der Waals surface area contributed by atoms with Gasteiger partial charge in [0.25, 0.3) is 5.91 Å². The third kappa shape index (κ3) is 3.06. The minimum absolute atomic E-state index is 0.231. The van der Waals surface area contributed by atoms with Gasteiger partial charge >= 0.3 is 0 Å². The van der Waals surface area contributed by atoms with E-state index in [0.29, 0.717) is 17.6 Å². The fraction of sp³-hybridized carbons (Fsp3) is 0.583. The molecule has 1 heterocycles. The number of hydrazine groups is 1. The van der Waals surface area contributed by atoms with Gasteiger partial charge in [-0.05, 0) is 31.4 Å². The Balaban J connectivity index is 1.95. The van der Waals surface area contributed by atoms with E-state index in [1.165, 1.54) is 37.0 Å². The first-order valence-electron chi connectivity index (χ1n) is 5.92. The SMILES string of the molecule is Cc1sc(C(=O)NN)cc1COC1CCCC1. The normalized spacial score (nSPS) is 16.4. The van der Waals surface area contributed by atoms with Gasteiger partial charge in [0.05, 0.1) is 17.6 Å². The van der Waals surface area contributed by atoms with Crippen LogP contribution in [0.1, 0.15) is 45.8 Å². The summed E-state index contributed by atoms with van der Waals surface area (Å²) in [6.07, 6.45) is 5.28. The number of nitrogens with one attached hydrogen (secondary N) is 1.